The van der Waals surface area contributed by atoms with Crippen molar-refractivity contribution in [3.8, 4) is 0 Å². The van der Waals surface area contributed by atoms with Gasteiger partial charge in [0.1, 0.15) is 11.8 Å². The molecule has 1 atom stereocenters. The highest BCUT2D eigenvalue weighted by molar-refractivity contribution is 5.90. The number of halogens is 2. The van der Waals surface area contributed by atoms with Gasteiger partial charge in [-0.2, -0.15) is 10.2 Å². The maximum atomic E-state index is 15.1. The predicted molar refractivity (Wildman–Crippen MR) is 137 cm³/mol. The van der Waals surface area contributed by atoms with Crippen molar-refractivity contribution in [3.05, 3.63) is 66.3 Å². The summed E-state index contributed by atoms with van der Waals surface area (Å²) in [5.74, 6) is -1.83. The summed E-state index contributed by atoms with van der Waals surface area (Å²) in [7, 11) is 0. The van der Waals surface area contributed by atoms with E-state index in [4.69, 9.17) is 10.5 Å². The fourth-order valence-electron chi connectivity index (χ4n) is 4.00. The van der Waals surface area contributed by atoms with Gasteiger partial charge in [0.25, 0.3) is 0 Å². The Kier molecular flexibility index (Phi) is 8.30. The van der Waals surface area contributed by atoms with Crippen LogP contribution in [0.15, 0.2) is 59.3 Å². The van der Waals surface area contributed by atoms with Gasteiger partial charge in [-0.25, -0.2) is 18.4 Å². The van der Waals surface area contributed by atoms with E-state index >= 15 is 8.78 Å². The van der Waals surface area contributed by atoms with E-state index in [0.29, 0.717) is 6.54 Å². The van der Waals surface area contributed by atoms with Crippen LogP contribution in [0.4, 0.5) is 29.7 Å². The van der Waals surface area contributed by atoms with Crippen LogP contribution in [0.2, 0.25) is 0 Å². The van der Waals surface area contributed by atoms with Gasteiger partial charge in [0.15, 0.2) is 11.6 Å². The molecule has 0 spiro atoms. The highest BCUT2D eigenvalue weighted by atomic mass is 19.1. The number of ether oxygens (including phenoxy) is 1. The van der Waals surface area contributed by atoms with Gasteiger partial charge >= 0.3 is 12.1 Å². The van der Waals surface area contributed by atoms with E-state index in [1.165, 1.54) is 28.5 Å². The maximum Gasteiger partial charge on any atom is 0.414 e. The van der Waals surface area contributed by atoms with E-state index in [0.717, 1.165) is 27.6 Å². The number of hydrogen-bond donors (Lipinski definition) is 2. The molecule has 0 aliphatic carbocycles. The summed E-state index contributed by atoms with van der Waals surface area (Å²) in [6.07, 6.45) is 6.03. The van der Waals surface area contributed by atoms with Crippen molar-refractivity contribution in [2.45, 2.75) is 12.6 Å². The average Bonchev–Trinajstić information content (AvgIpc) is 3.11. The van der Waals surface area contributed by atoms with Crippen molar-refractivity contribution in [1.29, 1.82) is 0 Å². The van der Waals surface area contributed by atoms with E-state index in [-0.39, 0.29) is 50.1 Å². The van der Waals surface area contributed by atoms with Crippen LogP contribution in [0, 0.1) is 11.6 Å². The third-order valence-electron chi connectivity index (χ3n) is 5.83. The number of cyclic esters (lactones) is 1. The topological polar surface area (TPSA) is 132 Å². The van der Waals surface area contributed by atoms with Crippen molar-refractivity contribution in [2.75, 3.05) is 42.6 Å². The fraction of sp³-hybridized carbons (Fsp3) is 0.292. The first-order chi connectivity index (χ1) is 18.4. The molecule has 4 rings (SSSR count). The number of urea groups is 1. The second kappa shape index (κ2) is 12.0. The van der Waals surface area contributed by atoms with Gasteiger partial charge in [-0.1, -0.05) is 6.07 Å². The van der Waals surface area contributed by atoms with Gasteiger partial charge in [0, 0.05) is 62.9 Å². The number of amides is 3. The molecule has 1 aromatic carbocycles. The molecule has 200 valence electrons. The number of nitrogens with one attached hydrogen (secondary N) is 1. The summed E-state index contributed by atoms with van der Waals surface area (Å²) in [4.78, 5) is 31.6. The molecular weight excluding hydrogens is 500 g/mol. The second-order valence-corrected chi connectivity index (χ2v) is 8.37. The summed E-state index contributed by atoms with van der Waals surface area (Å²) in [6, 6.07) is 5.36. The van der Waals surface area contributed by atoms with Crippen molar-refractivity contribution in [1.82, 2.24) is 20.2 Å². The first kappa shape index (κ1) is 26.3. The number of anilines is 2. The number of rotatable bonds is 8. The lowest BCUT2D eigenvalue weighted by Crippen LogP contribution is -2.42. The Labute approximate surface area is 217 Å². The minimum absolute atomic E-state index is 0.000984. The highest BCUT2D eigenvalue weighted by Gasteiger charge is 2.34. The van der Waals surface area contributed by atoms with Gasteiger partial charge in [-0.05, 0) is 11.6 Å². The van der Waals surface area contributed by atoms with Crippen molar-refractivity contribution >= 4 is 36.4 Å². The molecule has 38 heavy (non-hydrogen) atoms. The summed E-state index contributed by atoms with van der Waals surface area (Å²) in [5, 5.41) is 13.2. The maximum absolute atomic E-state index is 15.1. The molecule has 0 saturated carbocycles. The largest absolute Gasteiger partial charge is 0.442 e. The van der Waals surface area contributed by atoms with E-state index in [1.807, 2.05) is 6.07 Å². The van der Waals surface area contributed by atoms with Crippen LogP contribution < -0.4 is 21.0 Å². The summed E-state index contributed by atoms with van der Waals surface area (Å²) < 4.78 is 35.6. The van der Waals surface area contributed by atoms with Crippen LogP contribution in [0.5, 0.6) is 0 Å². The fourth-order valence-corrected chi connectivity index (χ4v) is 4.00. The second-order valence-electron chi connectivity index (χ2n) is 8.37. The van der Waals surface area contributed by atoms with Crippen molar-refractivity contribution in [2.24, 2.45) is 15.9 Å². The minimum Gasteiger partial charge on any atom is -0.442 e. The van der Waals surface area contributed by atoms with E-state index < -0.39 is 23.8 Å². The summed E-state index contributed by atoms with van der Waals surface area (Å²) in [6.45, 7) is 4.30. The molecular formula is C24H27F2N9O3. The SMILES string of the molecule is C=NN(/C=C\N)C[C@H]1CN(c2cc(F)c(N3CCN(C(=O)NCc4cccnc4)CC=N3)c(F)c2)C(=O)O1. The zero-order valence-electron chi connectivity index (χ0n) is 20.4. The van der Waals surface area contributed by atoms with Gasteiger partial charge < -0.3 is 20.7 Å². The van der Waals surface area contributed by atoms with Gasteiger partial charge in [-0.15, -0.1) is 0 Å². The molecule has 3 heterocycles. The Morgan fingerprint density at radius 1 is 1.34 bits per heavy atom. The lowest BCUT2D eigenvalue weighted by Gasteiger charge is -2.23. The number of nitrogens with zero attached hydrogens (tertiary/aromatic N) is 7. The normalized spacial score (nSPS) is 17.5. The Hall–Kier alpha value is -4.75. The minimum atomic E-state index is -0.914. The molecule has 0 radical (unpaired) electrons. The van der Waals surface area contributed by atoms with Gasteiger partial charge in [0.2, 0.25) is 0 Å². The zero-order chi connectivity index (χ0) is 27.1. The predicted octanol–water partition coefficient (Wildman–Crippen LogP) is 2.05. The quantitative estimate of drug-likeness (QED) is 0.397. The monoisotopic (exact) mass is 527 g/mol. The third-order valence-corrected chi connectivity index (χ3v) is 5.83. The Morgan fingerprint density at radius 2 is 2.13 bits per heavy atom. The number of pyridine rings is 1. The number of carbonyl (C=O) groups excluding carboxylic acids is 2. The molecule has 14 heteroatoms. The number of carbonyl (C=O) groups is 2. The van der Waals surface area contributed by atoms with E-state index in [9.17, 15) is 9.59 Å². The standard InChI is InChI=1S/C24H27F2N9O3/c1-28-33(7-4-27)15-19-16-34(24(37)38-19)18-11-20(25)22(21(26)12-18)35-10-9-32(8-6-31-35)23(36)30-14-17-3-2-5-29-13-17/h2-7,11-13,19H,1,8-10,14-16,27H2,(H,30,36)/b7-4-/t19-/m0/s1. The molecule has 0 bridgehead atoms. The molecule has 2 aliphatic heterocycles. The van der Waals surface area contributed by atoms with E-state index in [2.05, 4.69) is 27.2 Å². The smallest absolute Gasteiger partial charge is 0.414 e. The molecule has 0 unspecified atom stereocenters. The van der Waals surface area contributed by atoms with Crippen LogP contribution in [-0.4, -0.2) is 78.8 Å². The molecule has 1 saturated heterocycles. The molecule has 1 fully saturated rings. The number of benzene rings is 1. The first-order valence-corrected chi connectivity index (χ1v) is 11.7. The molecule has 2 aromatic rings. The molecule has 12 nitrogen and oxygen atoms in total. The number of aromatic nitrogens is 1. The van der Waals surface area contributed by atoms with Crippen LogP contribution in [0.3, 0.4) is 0 Å². The summed E-state index contributed by atoms with van der Waals surface area (Å²) in [5.41, 5.74) is 5.80. The van der Waals surface area contributed by atoms with Gasteiger partial charge in [-0.3, -0.25) is 19.9 Å². The van der Waals surface area contributed by atoms with Crippen LogP contribution in [-0.2, 0) is 11.3 Å². The Balaban J connectivity index is 1.40. The zero-order valence-corrected chi connectivity index (χ0v) is 20.4. The molecule has 1 aromatic heterocycles. The molecule has 2 aliphatic rings. The first-order valence-electron chi connectivity index (χ1n) is 11.7. The summed E-state index contributed by atoms with van der Waals surface area (Å²) >= 11 is 0. The highest BCUT2D eigenvalue weighted by Crippen LogP contribution is 2.31. The Bertz CT molecular complexity index is 1200. The van der Waals surface area contributed by atoms with Crippen LogP contribution in [0.25, 0.3) is 0 Å². The van der Waals surface area contributed by atoms with E-state index in [1.54, 1.807) is 18.5 Å². The van der Waals surface area contributed by atoms with Crippen LogP contribution in [0.1, 0.15) is 5.56 Å². The van der Waals surface area contributed by atoms with Crippen LogP contribution >= 0.6 is 0 Å². The Morgan fingerprint density at radius 3 is 2.82 bits per heavy atom. The number of hydrogen-bond acceptors (Lipinski definition) is 9. The van der Waals surface area contributed by atoms with Crippen molar-refractivity contribution in [3.63, 3.8) is 0 Å². The molecule has 3 N–H and O–H groups in total. The number of hydrazone groups is 2. The van der Waals surface area contributed by atoms with Gasteiger partial charge in [0.05, 0.1) is 31.9 Å². The number of nitrogens with two attached hydrogens (primary N) is 1. The van der Waals surface area contributed by atoms with Crippen molar-refractivity contribution < 1.29 is 23.1 Å². The third kappa shape index (κ3) is 6.14. The lowest BCUT2D eigenvalue weighted by atomic mass is 10.2. The molecule has 3 amide bonds. The lowest BCUT2D eigenvalue weighted by molar-refractivity contribution is 0.123. The average molecular weight is 528 g/mol.